The lowest BCUT2D eigenvalue weighted by atomic mass is 9.96. The van der Waals surface area contributed by atoms with Crippen molar-refractivity contribution >= 4 is 0 Å². The Balaban J connectivity index is 1.82. The number of halogens is 3. The molecule has 1 fully saturated rings. The first-order chi connectivity index (χ1) is 9.44. The zero-order valence-electron chi connectivity index (χ0n) is 11.4. The molecule has 1 unspecified atom stereocenters. The van der Waals surface area contributed by atoms with Gasteiger partial charge in [0.1, 0.15) is 0 Å². The molecule has 1 aromatic rings. The molecular weight excluding hydrogens is 269 g/mol. The van der Waals surface area contributed by atoms with Crippen LogP contribution in [0.5, 0.6) is 0 Å². The Hall–Kier alpha value is -1.04. The second-order valence-corrected chi connectivity index (χ2v) is 5.59. The van der Waals surface area contributed by atoms with Crippen molar-refractivity contribution in [2.24, 2.45) is 0 Å². The molecule has 1 aliphatic carbocycles. The van der Waals surface area contributed by atoms with E-state index in [2.05, 4.69) is 5.10 Å². The SMILES string of the molecule is OC(CCC(F)(F)F)Cc1ccn(C2CCCCC2)n1. The predicted octanol–water partition coefficient (Wildman–Crippen LogP) is 3.63. The van der Waals surface area contributed by atoms with Crippen LogP contribution in [0.15, 0.2) is 12.3 Å². The number of aliphatic hydroxyl groups excluding tert-OH is 1. The topological polar surface area (TPSA) is 38.0 Å². The minimum Gasteiger partial charge on any atom is -0.393 e. The van der Waals surface area contributed by atoms with Crippen molar-refractivity contribution in [3.05, 3.63) is 18.0 Å². The van der Waals surface area contributed by atoms with E-state index in [1.54, 1.807) is 6.07 Å². The van der Waals surface area contributed by atoms with Gasteiger partial charge < -0.3 is 5.11 Å². The molecule has 1 atom stereocenters. The van der Waals surface area contributed by atoms with Crippen LogP contribution in [0.2, 0.25) is 0 Å². The van der Waals surface area contributed by atoms with Crippen LogP contribution in [0.4, 0.5) is 13.2 Å². The summed E-state index contributed by atoms with van der Waals surface area (Å²) in [6.07, 6.45) is 1.56. The smallest absolute Gasteiger partial charge is 0.389 e. The maximum atomic E-state index is 12.1. The molecule has 0 saturated heterocycles. The quantitative estimate of drug-likeness (QED) is 0.899. The molecule has 0 aromatic carbocycles. The maximum Gasteiger partial charge on any atom is 0.389 e. The number of rotatable bonds is 5. The first-order valence-electron chi connectivity index (χ1n) is 7.23. The van der Waals surface area contributed by atoms with E-state index in [4.69, 9.17) is 0 Å². The molecule has 20 heavy (non-hydrogen) atoms. The zero-order valence-corrected chi connectivity index (χ0v) is 11.4. The standard InChI is InChI=1S/C14H21F3N2O/c15-14(16,17)8-6-13(20)10-11-7-9-19(18-11)12-4-2-1-3-5-12/h7,9,12-13,20H,1-6,8,10H2. The van der Waals surface area contributed by atoms with Crippen molar-refractivity contribution in [3.8, 4) is 0 Å². The first-order valence-corrected chi connectivity index (χ1v) is 7.23. The van der Waals surface area contributed by atoms with Crippen molar-refractivity contribution in [3.63, 3.8) is 0 Å². The largest absolute Gasteiger partial charge is 0.393 e. The van der Waals surface area contributed by atoms with E-state index in [0.29, 0.717) is 11.7 Å². The lowest BCUT2D eigenvalue weighted by Crippen LogP contribution is -2.17. The summed E-state index contributed by atoms with van der Waals surface area (Å²) in [5, 5.41) is 14.0. The van der Waals surface area contributed by atoms with Crippen molar-refractivity contribution in [2.75, 3.05) is 0 Å². The van der Waals surface area contributed by atoms with E-state index in [1.807, 2.05) is 10.9 Å². The van der Waals surface area contributed by atoms with Crippen LogP contribution in [-0.2, 0) is 6.42 Å². The minimum atomic E-state index is -4.21. The molecule has 1 saturated carbocycles. The van der Waals surface area contributed by atoms with Gasteiger partial charge in [-0.1, -0.05) is 19.3 Å². The molecule has 1 N–H and O–H groups in total. The van der Waals surface area contributed by atoms with Crippen LogP contribution in [0.25, 0.3) is 0 Å². The number of hydrogen-bond acceptors (Lipinski definition) is 2. The average Bonchev–Trinajstić information content (AvgIpc) is 2.85. The molecule has 1 aliphatic rings. The summed E-state index contributed by atoms with van der Waals surface area (Å²) in [6.45, 7) is 0. The van der Waals surface area contributed by atoms with Crippen LogP contribution < -0.4 is 0 Å². The normalized spacial score (nSPS) is 19.2. The van der Waals surface area contributed by atoms with Crippen LogP contribution >= 0.6 is 0 Å². The predicted molar refractivity (Wildman–Crippen MR) is 69.3 cm³/mol. The zero-order chi connectivity index (χ0) is 14.6. The third-order valence-electron chi connectivity index (χ3n) is 3.82. The van der Waals surface area contributed by atoms with Gasteiger partial charge in [-0.2, -0.15) is 18.3 Å². The highest BCUT2D eigenvalue weighted by Gasteiger charge is 2.28. The highest BCUT2D eigenvalue weighted by molar-refractivity contribution is 5.01. The Bertz CT molecular complexity index is 411. The van der Waals surface area contributed by atoms with Crippen molar-refractivity contribution in [1.82, 2.24) is 9.78 Å². The van der Waals surface area contributed by atoms with E-state index in [1.165, 1.54) is 19.3 Å². The highest BCUT2D eigenvalue weighted by atomic mass is 19.4. The van der Waals surface area contributed by atoms with E-state index < -0.39 is 18.7 Å². The van der Waals surface area contributed by atoms with Gasteiger partial charge in [0.15, 0.2) is 0 Å². The first kappa shape index (κ1) is 15.4. The summed E-state index contributed by atoms with van der Waals surface area (Å²) in [6, 6.07) is 2.20. The van der Waals surface area contributed by atoms with Crippen molar-refractivity contribution in [1.29, 1.82) is 0 Å². The number of aliphatic hydroxyl groups is 1. The van der Waals surface area contributed by atoms with E-state index in [-0.39, 0.29) is 12.8 Å². The number of hydrogen-bond donors (Lipinski definition) is 1. The highest BCUT2D eigenvalue weighted by Crippen LogP contribution is 2.28. The Morgan fingerprint density at radius 1 is 1.30 bits per heavy atom. The monoisotopic (exact) mass is 290 g/mol. The van der Waals surface area contributed by atoms with Crippen molar-refractivity contribution < 1.29 is 18.3 Å². The summed E-state index contributed by atoms with van der Waals surface area (Å²) in [4.78, 5) is 0. The Labute approximate surface area is 116 Å². The van der Waals surface area contributed by atoms with Crippen LogP contribution in [0.1, 0.15) is 56.7 Å². The summed E-state index contributed by atoms with van der Waals surface area (Å²) in [5.74, 6) is 0. The Kier molecular flexibility index (Phi) is 5.07. The van der Waals surface area contributed by atoms with Crippen LogP contribution in [0.3, 0.4) is 0 Å². The number of aromatic nitrogens is 2. The summed E-state index contributed by atoms with van der Waals surface area (Å²) in [7, 11) is 0. The van der Waals surface area contributed by atoms with Crippen molar-refractivity contribution in [2.45, 2.75) is 69.7 Å². The van der Waals surface area contributed by atoms with Crippen LogP contribution in [0, 0.1) is 0 Å². The molecule has 0 bridgehead atoms. The second-order valence-electron chi connectivity index (χ2n) is 5.59. The van der Waals surface area contributed by atoms with Gasteiger partial charge in [0.25, 0.3) is 0 Å². The Morgan fingerprint density at radius 3 is 2.65 bits per heavy atom. The minimum absolute atomic E-state index is 0.190. The van der Waals surface area contributed by atoms with Gasteiger partial charge >= 0.3 is 6.18 Å². The maximum absolute atomic E-state index is 12.1. The molecule has 1 heterocycles. The summed E-state index contributed by atoms with van der Waals surface area (Å²) >= 11 is 0. The van der Waals surface area contributed by atoms with Crippen LogP contribution in [-0.4, -0.2) is 27.2 Å². The lowest BCUT2D eigenvalue weighted by Gasteiger charge is -2.21. The molecule has 0 amide bonds. The van der Waals surface area contributed by atoms with Gasteiger partial charge in [-0.25, -0.2) is 0 Å². The lowest BCUT2D eigenvalue weighted by molar-refractivity contribution is -0.139. The third-order valence-corrected chi connectivity index (χ3v) is 3.82. The Morgan fingerprint density at radius 2 is 2.00 bits per heavy atom. The summed E-state index contributed by atoms with van der Waals surface area (Å²) < 4.78 is 38.1. The number of alkyl halides is 3. The molecule has 3 nitrogen and oxygen atoms in total. The van der Waals surface area contributed by atoms with Gasteiger partial charge in [0.05, 0.1) is 17.8 Å². The fourth-order valence-electron chi connectivity index (χ4n) is 2.71. The van der Waals surface area contributed by atoms with E-state index >= 15 is 0 Å². The molecule has 114 valence electrons. The molecule has 0 aliphatic heterocycles. The van der Waals surface area contributed by atoms with Gasteiger partial charge in [0, 0.05) is 19.0 Å². The van der Waals surface area contributed by atoms with Gasteiger partial charge in [-0.05, 0) is 25.3 Å². The van der Waals surface area contributed by atoms with Gasteiger partial charge in [0.2, 0.25) is 0 Å². The molecular formula is C14H21F3N2O. The second kappa shape index (κ2) is 6.61. The summed E-state index contributed by atoms with van der Waals surface area (Å²) in [5.41, 5.74) is 0.672. The molecule has 6 heteroatoms. The fourth-order valence-corrected chi connectivity index (χ4v) is 2.71. The van der Waals surface area contributed by atoms with E-state index in [9.17, 15) is 18.3 Å². The molecule has 0 spiro atoms. The molecule has 2 rings (SSSR count). The molecule has 1 aromatic heterocycles. The van der Waals surface area contributed by atoms with E-state index in [0.717, 1.165) is 12.8 Å². The molecule has 0 radical (unpaired) electrons. The van der Waals surface area contributed by atoms with Gasteiger partial charge in [-0.3, -0.25) is 4.68 Å². The average molecular weight is 290 g/mol. The number of nitrogens with zero attached hydrogens (tertiary/aromatic N) is 2. The third kappa shape index (κ3) is 4.81. The van der Waals surface area contributed by atoms with Gasteiger partial charge in [-0.15, -0.1) is 0 Å². The fraction of sp³-hybridized carbons (Fsp3) is 0.786.